The van der Waals surface area contributed by atoms with Crippen molar-refractivity contribution in [3.8, 4) is 5.75 Å². The van der Waals surface area contributed by atoms with Gasteiger partial charge in [-0.1, -0.05) is 78.4 Å². The Bertz CT molecular complexity index is 1510. The molecule has 5 rings (SSSR count). The maximum absolute atomic E-state index is 5.40. The van der Waals surface area contributed by atoms with E-state index in [1.54, 1.807) is 7.11 Å². The van der Waals surface area contributed by atoms with E-state index in [2.05, 4.69) is 152 Å². The van der Waals surface area contributed by atoms with Crippen molar-refractivity contribution in [1.29, 1.82) is 0 Å². The fourth-order valence-corrected chi connectivity index (χ4v) is 5.09. The third kappa shape index (κ3) is 6.47. The molecule has 0 bridgehead atoms. The number of hydrogen-bond donors (Lipinski definition) is 2. The minimum absolute atomic E-state index is 0.713. The van der Waals surface area contributed by atoms with E-state index in [1.807, 2.05) is 12.1 Å². The zero-order chi connectivity index (χ0) is 27.9. The van der Waals surface area contributed by atoms with Crippen LogP contribution in [0.25, 0.3) is 11.6 Å². The molecular formula is C36H33NOS2. The molecule has 0 heterocycles. The molecule has 0 amide bonds. The Hall–Kier alpha value is -3.86. The number of rotatable bonds is 9. The van der Waals surface area contributed by atoms with Gasteiger partial charge in [0, 0.05) is 28.6 Å². The van der Waals surface area contributed by atoms with Gasteiger partial charge in [0.1, 0.15) is 5.75 Å². The average molecular weight is 560 g/mol. The third-order valence-corrected chi connectivity index (χ3v) is 7.71. The Morgan fingerprint density at radius 2 is 1.02 bits per heavy atom. The van der Waals surface area contributed by atoms with Gasteiger partial charge in [0.15, 0.2) is 0 Å². The quantitative estimate of drug-likeness (QED) is 0.138. The molecular weight excluding hydrogens is 527 g/mol. The molecule has 0 aliphatic carbocycles. The minimum Gasteiger partial charge on any atom is -0.497 e. The molecule has 2 nitrogen and oxygen atoms in total. The Morgan fingerprint density at radius 3 is 1.50 bits per heavy atom. The minimum atomic E-state index is 0.713. The largest absolute Gasteiger partial charge is 0.497 e. The summed E-state index contributed by atoms with van der Waals surface area (Å²) in [5.74, 6) is 2.28. The van der Waals surface area contributed by atoms with Crippen LogP contribution in [0.15, 0.2) is 121 Å². The SMILES string of the molecule is COc1ccc(N(c2ccc(/C=C(/c3ccc(C)cc3)c3ccc(CS)cc3)cc2)c2ccc(CS)cc2)cc1. The molecule has 0 atom stereocenters. The van der Waals surface area contributed by atoms with E-state index in [-0.39, 0.29) is 0 Å². The molecule has 40 heavy (non-hydrogen) atoms. The molecule has 5 aromatic rings. The summed E-state index contributed by atoms with van der Waals surface area (Å²) in [5.41, 5.74) is 11.6. The van der Waals surface area contributed by atoms with Crippen molar-refractivity contribution in [2.24, 2.45) is 0 Å². The van der Waals surface area contributed by atoms with Crippen LogP contribution in [0.1, 0.15) is 33.4 Å². The lowest BCUT2D eigenvalue weighted by Crippen LogP contribution is -2.09. The van der Waals surface area contributed by atoms with Crippen LogP contribution in [0.5, 0.6) is 5.75 Å². The summed E-state index contributed by atoms with van der Waals surface area (Å²) in [7, 11) is 1.69. The van der Waals surface area contributed by atoms with E-state index >= 15 is 0 Å². The highest BCUT2D eigenvalue weighted by molar-refractivity contribution is 7.79. The lowest BCUT2D eigenvalue weighted by atomic mass is 9.94. The normalized spacial score (nSPS) is 11.3. The molecule has 0 radical (unpaired) electrons. The second-order valence-corrected chi connectivity index (χ2v) is 10.4. The van der Waals surface area contributed by atoms with Crippen LogP contribution in [0.4, 0.5) is 17.1 Å². The molecule has 0 aromatic heterocycles. The van der Waals surface area contributed by atoms with Gasteiger partial charge in [0.05, 0.1) is 7.11 Å². The predicted molar refractivity (Wildman–Crippen MR) is 178 cm³/mol. The molecule has 0 aliphatic heterocycles. The molecule has 0 fully saturated rings. The lowest BCUT2D eigenvalue weighted by Gasteiger charge is -2.26. The molecule has 0 saturated heterocycles. The van der Waals surface area contributed by atoms with Gasteiger partial charge in [0.25, 0.3) is 0 Å². The number of hydrogen-bond acceptors (Lipinski definition) is 4. The van der Waals surface area contributed by atoms with Gasteiger partial charge in [-0.25, -0.2) is 0 Å². The van der Waals surface area contributed by atoms with Crippen molar-refractivity contribution in [2.45, 2.75) is 18.4 Å². The molecule has 0 N–H and O–H groups in total. The summed E-state index contributed by atoms with van der Waals surface area (Å²) >= 11 is 8.86. The number of anilines is 3. The van der Waals surface area contributed by atoms with E-state index in [0.717, 1.165) is 34.1 Å². The second-order valence-electron chi connectivity index (χ2n) is 9.73. The van der Waals surface area contributed by atoms with Crippen molar-refractivity contribution in [2.75, 3.05) is 12.0 Å². The highest BCUT2D eigenvalue weighted by Crippen LogP contribution is 2.36. The number of aryl methyl sites for hydroxylation is 1. The smallest absolute Gasteiger partial charge is 0.119 e. The van der Waals surface area contributed by atoms with E-state index in [1.165, 1.54) is 33.4 Å². The summed E-state index contributed by atoms with van der Waals surface area (Å²) in [5, 5.41) is 0. The maximum Gasteiger partial charge on any atom is 0.119 e. The van der Waals surface area contributed by atoms with E-state index in [4.69, 9.17) is 4.74 Å². The first kappa shape index (κ1) is 27.7. The van der Waals surface area contributed by atoms with Crippen molar-refractivity contribution in [3.05, 3.63) is 155 Å². The number of nitrogens with zero attached hydrogens (tertiary/aromatic N) is 1. The maximum atomic E-state index is 5.40. The summed E-state index contributed by atoms with van der Waals surface area (Å²) in [6.45, 7) is 2.12. The first-order valence-corrected chi connectivity index (χ1v) is 14.6. The van der Waals surface area contributed by atoms with E-state index in [0.29, 0.717) is 5.75 Å². The zero-order valence-electron chi connectivity index (χ0n) is 22.8. The van der Waals surface area contributed by atoms with Crippen molar-refractivity contribution in [1.82, 2.24) is 0 Å². The van der Waals surface area contributed by atoms with Gasteiger partial charge in [-0.3, -0.25) is 0 Å². The molecule has 0 saturated carbocycles. The first-order valence-electron chi connectivity index (χ1n) is 13.3. The van der Waals surface area contributed by atoms with Crippen LogP contribution in [0.3, 0.4) is 0 Å². The highest BCUT2D eigenvalue weighted by atomic mass is 32.1. The highest BCUT2D eigenvalue weighted by Gasteiger charge is 2.13. The fourth-order valence-electron chi connectivity index (χ4n) is 4.67. The molecule has 0 spiro atoms. The molecule has 5 aromatic carbocycles. The Labute approximate surface area is 248 Å². The van der Waals surface area contributed by atoms with Gasteiger partial charge in [-0.15, -0.1) is 0 Å². The van der Waals surface area contributed by atoms with Crippen LogP contribution in [0.2, 0.25) is 0 Å². The molecule has 0 unspecified atom stereocenters. The van der Waals surface area contributed by atoms with Crippen molar-refractivity contribution >= 4 is 54.0 Å². The molecule has 200 valence electrons. The Kier molecular flexibility index (Phi) is 9.00. The monoisotopic (exact) mass is 559 g/mol. The predicted octanol–water partition coefficient (Wildman–Crippen LogP) is 9.92. The Morgan fingerprint density at radius 1 is 0.600 bits per heavy atom. The summed E-state index contributed by atoms with van der Waals surface area (Å²) in [6, 6.07) is 42.8. The van der Waals surface area contributed by atoms with Gasteiger partial charge in [0.2, 0.25) is 0 Å². The van der Waals surface area contributed by atoms with Crippen LogP contribution in [-0.4, -0.2) is 7.11 Å². The van der Waals surface area contributed by atoms with Crippen LogP contribution in [-0.2, 0) is 11.5 Å². The number of ether oxygens (including phenoxy) is 1. The fraction of sp³-hybridized carbons (Fsp3) is 0.111. The summed E-state index contributed by atoms with van der Waals surface area (Å²) < 4.78 is 5.40. The van der Waals surface area contributed by atoms with E-state index in [9.17, 15) is 0 Å². The van der Waals surface area contributed by atoms with Gasteiger partial charge in [-0.05, 0) is 94.9 Å². The van der Waals surface area contributed by atoms with Crippen LogP contribution < -0.4 is 9.64 Å². The van der Waals surface area contributed by atoms with Crippen molar-refractivity contribution < 1.29 is 4.74 Å². The van der Waals surface area contributed by atoms with Crippen LogP contribution in [0, 0.1) is 6.92 Å². The topological polar surface area (TPSA) is 12.5 Å². The lowest BCUT2D eigenvalue weighted by molar-refractivity contribution is 0.415. The molecule has 0 aliphatic rings. The number of methoxy groups -OCH3 is 1. The molecule has 4 heteroatoms. The van der Waals surface area contributed by atoms with Gasteiger partial charge >= 0.3 is 0 Å². The van der Waals surface area contributed by atoms with Gasteiger partial charge in [-0.2, -0.15) is 25.3 Å². The Balaban J connectivity index is 1.54. The standard InChI is InChI=1S/C36H33NOS2/c1-26-3-11-30(12-4-26)36(31-13-5-28(24-39)6-14-31)23-27-7-15-32(16-8-27)37(33-17-9-29(25-40)10-18-33)34-19-21-35(38-2)22-20-34/h3-23,39-40H,24-25H2,1-2H3/b36-23-. The van der Waals surface area contributed by atoms with Crippen LogP contribution >= 0.6 is 25.3 Å². The summed E-state index contributed by atoms with van der Waals surface area (Å²) in [4.78, 5) is 2.26. The third-order valence-electron chi connectivity index (χ3n) is 6.98. The second kappa shape index (κ2) is 13.0. The first-order chi connectivity index (χ1) is 19.6. The number of benzene rings is 5. The summed E-state index contributed by atoms with van der Waals surface area (Å²) in [6.07, 6.45) is 2.27. The van der Waals surface area contributed by atoms with Gasteiger partial charge < -0.3 is 9.64 Å². The zero-order valence-corrected chi connectivity index (χ0v) is 24.6. The van der Waals surface area contributed by atoms with E-state index < -0.39 is 0 Å². The van der Waals surface area contributed by atoms with Crippen molar-refractivity contribution in [3.63, 3.8) is 0 Å². The average Bonchev–Trinajstić information content (AvgIpc) is 3.02. The number of thiol groups is 2.